The highest BCUT2D eigenvalue weighted by atomic mass is 35.5. The number of methoxy groups -OCH3 is 1. The monoisotopic (exact) mass is 490 g/mol. The van der Waals surface area contributed by atoms with Crippen LogP contribution >= 0.6 is 23.2 Å². The molecule has 6 nitrogen and oxygen atoms in total. The van der Waals surface area contributed by atoms with Crippen LogP contribution in [0.25, 0.3) is 0 Å². The van der Waals surface area contributed by atoms with Crippen molar-refractivity contribution in [3.05, 3.63) is 39.6 Å². The minimum atomic E-state index is -4.66. The Morgan fingerprint density at radius 3 is 2.56 bits per heavy atom. The number of benzene rings is 1. The van der Waals surface area contributed by atoms with Crippen molar-refractivity contribution in [2.45, 2.75) is 44.4 Å². The highest BCUT2D eigenvalue weighted by molar-refractivity contribution is 6.32. The van der Waals surface area contributed by atoms with Crippen LogP contribution in [0.4, 0.5) is 18.9 Å². The maximum Gasteiger partial charge on any atom is 0.436 e. The van der Waals surface area contributed by atoms with Crippen LogP contribution in [0.2, 0.25) is 10.0 Å². The van der Waals surface area contributed by atoms with E-state index in [1.165, 1.54) is 0 Å². The molecule has 0 spiro atoms. The van der Waals surface area contributed by atoms with Gasteiger partial charge in [0.1, 0.15) is 12.3 Å². The zero-order chi connectivity index (χ0) is 23.2. The fourth-order valence-corrected chi connectivity index (χ4v) is 4.72. The average Bonchev–Trinajstić information content (AvgIpc) is 3.50. The van der Waals surface area contributed by atoms with E-state index in [-0.39, 0.29) is 29.4 Å². The molecule has 32 heavy (non-hydrogen) atoms. The molecule has 1 amide bonds. The number of hydrogen-bond acceptors (Lipinski definition) is 4. The summed E-state index contributed by atoms with van der Waals surface area (Å²) >= 11 is 12.1. The number of rotatable bonds is 5. The molecular weight excluding hydrogens is 468 g/mol. The Bertz CT molecular complexity index is 1020. The number of halogens is 5. The number of hydrogen-bond donors (Lipinski definition) is 0. The molecule has 0 radical (unpaired) electrons. The van der Waals surface area contributed by atoms with Crippen molar-refractivity contribution in [1.29, 1.82) is 0 Å². The Morgan fingerprint density at radius 2 is 1.97 bits per heavy atom. The lowest BCUT2D eigenvalue weighted by molar-refractivity contribution is -0.142. The van der Waals surface area contributed by atoms with Gasteiger partial charge in [-0.25, -0.2) is 0 Å². The molecule has 0 bridgehead atoms. The molecule has 0 unspecified atom stereocenters. The summed E-state index contributed by atoms with van der Waals surface area (Å²) in [6, 6.07) is 5.35. The lowest BCUT2D eigenvalue weighted by Gasteiger charge is -2.41. The Kier molecular flexibility index (Phi) is 6.24. The van der Waals surface area contributed by atoms with Crippen molar-refractivity contribution < 1.29 is 22.7 Å². The van der Waals surface area contributed by atoms with E-state index in [4.69, 9.17) is 27.9 Å². The molecule has 1 saturated carbocycles. The van der Waals surface area contributed by atoms with E-state index in [0.717, 1.165) is 23.2 Å². The topological polar surface area (TPSA) is 50.6 Å². The van der Waals surface area contributed by atoms with Gasteiger partial charge in [0, 0.05) is 43.3 Å². The molecule has 2 fully saturated rings. The first-order valence-corrected chi connectivity index (χ1v) is 11.1. The number of ether oxygens (including phenoxy) is 1. The Hall–Kier alpha value is -2.13. The molecule has 174 valence electrons. The highest BCUT2D eigenvalue weighted by Gasteiger charge is 2.42. The summed E-state index contributed by atoms with van der Waals surface area (Å²) in [5, 5.41) is 3.80. The normalized spacial score (nSPS) is 19.4. The van der Waals surface area contributed by atoms with Gasteiger partial charge in [0.15, 0.2) is 5.69 Å². The number of nitrogens with zero attached hydrogens (tertiary/aromatic N) is 4. The second-order valence-electron chi connectivity index (χ2n) is 8.18. The van der Waals surface area contributed by atoms with Gasteiger partial charge >= 0.3 is 6.18 Å². The third-order valence-electron chi connectivity index (χ3n) is 5.90. The molecular formula is C21H23Cl2F3N4O2. The van der Waals surface area contributed by atoms with Gasteiger partial charge in [-0.15, -0.1) is 0 Å². The highest BCUT2D eigenvalue weighted by Crippen LogP contribution is 2.47. The summed E-state index contributed by atoms with van der Waals surface area (Å²) in [7, 11) is 1.55. The molecule has 4 rings (SSSR count). The van der Waals surface area contributed by atoms with Gasteiger partial charge in [0.05, 0.1) is 22.8 Å². The van der Waals surface area contributed by atoms with E-state index in [1.807, 2.05) is 19.1 Å². The van der Waals surface area contributed by atoms with Crippen LogP contribution in [0.15, 0.2) is 18.2 Å². The molecule has 0 N–H and O–H groups in total. The lowest BCUT2D eigenvalue weighted by atomic mass is 10.1. The molecule has 2 aromatic rings. The van der Waals surface area contributed by atoms with Crippen LogP contribution in [-0.2, 0) is 17.5 Å². The number of aromatic nitrogens is 2. The predicted molar refractivity (Wildman–Crippen MR) is 116 cm³/mol. The molecule has 1 atom stereocenters. The molecule has 2 heterocycles. The minimum Gasteiger partial charge on any atom is -0.495 e. The van der Waals surface area contributed by atoms with Gasteiger partial charge in [-0.1, -0.05) is 23.2 Å². The smallest absolute Gasteiger partial charge is 0.436 e. The Labute approximate surface area is 193 Å². The van der Waals surface area contributed by atoms with E-state index >= 15 is 0 Å². The number of amides is 1. The summed E-state index contributed by atoms with van der Waals surface area (Å²) in [6.07, 6.45) is -3.17. The van der Waals surface area contributed by atoms with Crippen LogP contribution in [0, 0.1) is 0 Å². The molecule has 11 heteroatoms. The van der Waals surface area contributed by atoms with Crippen molar-refractivity contribution in [2.75, 3.05) is 31.6 Å². The maximum absolute atomic E-state index is 13.3. The molecule has 1 aromatic heterocycles. The third kappa shape index (κ3) is 4.50. The molecule has 1 aromatic carbocycles. The number of carbonyl (C=O) groups is 1. The van der Waals surface area contributed by atoms with Crippen LogP contribution in [0.5, 0.6) is 5.75 Å². The predicted octanol–water partition coefficient (Wildman–Crippen LogP) is 4.83. The van der Waals surface area contributed by atoms with Crippen LogP contribution < -0.4 is 9.64 Å². The van der Waals surface area contributed by atoms with Crippen LogP contribution in [0.3, 0.4) is 0 Å². The standard InChI is InChI=1S/C21H23Cl2F3N4O2/c1-12-10-28(14-5-6-15(22)16(9-14)32-2)7-8-29(12)17(31)11-30-19(13-3-4-13)18(23)20(27-30)21(24,25)26/h5-6,9,12-13H,3-4,7-8,10-11H2,1-2H3/t12-/m0/s1. The molecule has 1 aliphatic carbocycles. The van der Waals surface area contributed by atoms with E-state index < -0.39 is 11.9 Å². The van der Waals surface area contributed by atoms with Gasteiger partial charge in [0.2, 0.25) is 5.91 Å². The van der Waals surface area contributed by atoms with Gasteiger partial charge in [-0.2, -0.15) is 18.3 Å². The maximum atomic E-state index is 13.3. The van der Waals surface area contributed by atoms with Crippen molar-refractivity contribution in [3.8, 4) is 5.75 Å². The largest absolute Gasteiger partial charge is 0.495 e. The molecule has 1 saturated heterocycles. The second-order valence-corrected chi connectivity index (χ2v) is 8.96. The van der Waals surface area contributed by atoms with Gasteiger partial charge in [-0.05, 0) is 31.9 Å². The number of alkyl halides is 3. The fourth-order valence-electron chi connectivity index (χ4n) is 4.13. The van der Waals surface area contributed by atoms with Gasteiger partial charge < -0.3 is 14.5 Å². The summed E-state index contributed by atoms with van der Waals surface area (Å²) in [5.74, 6) is 0.215. The minimum absolute atomic E-state index is 0.0759. The van der Waals surface area contributed by atoms with Gasteiger partial charge in [-0.3, -0.25) is 9.48 Å². The Balaban J connectivity index is 1.48. The van der Waals surface area contributed by atoms with E-state index in [2.05, 4.69) is 10.00 Å². The van der Waals surface area contributed by atoms with E-state index in [1.54, 1.807) is 18.1 Å². The zero-order valence-electron chi connectivity index (χ0n) is 17.6. The first-order valence-electron chi connectivity index (χ1n) is 10.3. The first-order chi connectivity index (χ1) is 15.1. The van der Waals surface area contributed by atoms with E-state index in [9.17, 15) is 18.0 Å². The summed E-state index contributed by atoms with van der Waals surface area (Å²) < 4.78 is 46.3. The number of anilines is 1. The summed E-state index contributed by atoms with van der Waals surface area (Å²) in [5.41, 5.74) is 0.116. The zero-order valence-corrected chi connectivity index (χ0v) is 19.1. The van der Waals surface area contributed by atoms with Gasteiger partial charge in [0.25, 0.3) is 0 Å². The third-order valence-corrected chi connectivity index (χ3v) is 6.58. The first kappa shape index (κ1) is 23.0. The Morgan fingerprint density at radius 1 is 1.25 bits per heavy atom. The quantitative estimate of drug-likeness (QED) is 0.602. The van der Waals surface area contributed by atoms with Crippen molar-refractivity contribution in [1.82, 2.24) is 14.7 Å². The van der Waals surface area contributed by atoms with Crippen LogP contribution in [-0.4, -0.2) is 53.4 Å². The van der Waals surface area contributed by atoms with Crippen molar-refractivity contribution in [2.24, 2.45) is 0 Å². The number of piperazine rings is 1. The van der Waals surface area contributed by atoms with Crippen molar-refractivity contribution >= 4 is 34.8 Å². The lowest BCUT2D eigenvalue weighted by Crippen LogP contribution is -2.54. The fraction of sp³-hybridized carbons (Fsp3) is 0.524. The summed E-state index contributed by atoms with van der Waals surface area (Å²) in [4.78, 5) is 16.8. The SMILES string of the molecule is COc1cc(N2CCN(C(=O)Cn3nc(C(F)(F)F)c(Cl)c3C3CC3)[C@@H](C)C2)ccc1Cl. The van der Waals surface area contributed by atoms with Crippen molar-refractivity contribution in [3.63, 3.8) is 0 Å². The number of carbonyl (C=O) groups excluding carboxylic acids is 1. The second kappa shape index (κ2) is 8.67. The molecule has 2 aliphatic rings. The average molecular weight is 491 g/mol. The summed E-state index contributed by atoms with van der Waals surface area (Å²) in [6.45, 7) is 3.23. The van der Waals surface area contributed by atoms with E-state index in [0.29, 0.717) is 36.1 Å². The van der Waals surface area contributed by atoms with Crippen LogP contribution in [0.1, 0.15) is 37.1 Å². The molecule has 1 aliphatic heterocycles.